The number of hydrogen-bond acceptors (Lipinski definition) is 4. The summed E-state index contributed by atoms with van der Waals surface area (Å²) in [5, 5.41) is 10.1. The molecule has 10 heteroatoms. The Hall–Kier alpha value is -3.20. The van der Waals surface area contributed by atoms with Gasteiger partial charge in [-0.05, 0) is 42.0 Å². The minimum Gasteiger partial charge on any atom is -0.497 e. The van der Waals surface area contributed by atoms with E-state index in [1.165, 1.54) is 7.11 Å². The molecule has 1 aliphatic rings. The number of aromatic nitrogens is 2. The Morgan fingerprint density at radius 1 is 1.26 bits per heavy atom. The molecule has 0 saturated carbocycles. The molecule has 1 amide bonds. The van der Waals surface area contributed by atoms with Gasteiger partial charge in [0.1, 0.15) is 17.1 Å². The standard InChI is InChI=1S/C21H18ClF3N4O2/c1-31-15-4-2-3-12(9-15)17-10-18(21(23,24)25)29-19(28-17)16(11-26-29)20(30)27-14-7-5-13(22)6-8-14/h2-9,11,17-18,28H,10H2,1H3,(H,27,30)/t17-,18-/m1/s1. The zero-order valence-corrected chi connectivity index (χ0v) is 17.0. The normalized spacial score (nSPS) is 18.1. The molecule has 4 rings (SSSR count). The van der Waals surface area contributed by atoms with Crippen molar-refractivity contribution in [2.75, 3.05) is 17.7 Å². The number of anilines is 2. The van der Waals surface area contributed by atoms with Crippen LogP contribution in [0.2, 0.25) is 5.02 Å². The third-order valence-electron chi connectivity index (χ3n) is 5.08. The topological polar surface area (TPSA) is 68.2 Å². The number of fused-ring (bicyclic) bond motifs is 1. The van der Waals surface area contributed by atoms with Gasteiger partial charge in [-0.3, -0.25) is 4.79 Å². The largest absolute Gasteiger partial charge is 0.497 e. The summed E-state index contributed by atoms with van der Waals surface area (Å²) in [5.74, 6) is -0.0428. The van der Waals surface area contributed by atoms with Gasteiger partial charge in [0, 0.05) is 17.1 Å². The first-order chi connectivity index (χ1) is 14.8. The number of amides is 1. The summed E-state index contributed by atoms with van der Waals surface area (Å²) in [6, 6.07) is 10.6. The molecule has 0 bridgehead atoms. The van der Waals surface area contributed by atoms with Gasteiger partial charge in [0.25, 0.3) is 5.91 Å². The molecule has 2 aromatic carbocycles. The molecule has 2 atom stereocenters. The fourth-order valence-corrected chi connectivity index (χ4v) is 3.66. The van der Waals surface area contributed by atoms with E-state index >= 15 is 0 Å². The molecule has 2 N–H and O–H groups in total. The lowest BCUT2D eigenvalue weighted by Crippen LogP contribution is -2.36. The number of ether oxygens (including phenoxy) is 1. The lowest BCUT2D eigenvalue weighted by molar-refractivity contribution is -0.173. The van der Waals surface area contributed by atoms with E-state index in [0.29, 0.717) is 22.0 Å². The quantitative estimate of drug-likeness (QED) is 0.554. The molecule has 0 saturated heterocycles. The maximum atomic E-state index is 13.8. The van der Waals surface area contributed by atoms with E-state index in [4.69, 9.17) is 16.3 Å². The highest BCUT2D eigenvalue weighted by atomic mass is 35.5. The van der Waals surface area contributed by atoms with Gasteiger partial charge in [0.15, 0.2) is 6.04 Å². The van der Waals surface area contributed by atoms with Gasteiger partial charge in [0.2, 0.25) is 0 Å². The van der Waals surface area contributed by atoms with Crippen LogP contribution in [0.15, 0.2) is 54.7 Å². The highest BCUT2D eigenvalue weighted by Crippen LogP contribution is 2.44. The van der Waals surface area contributed by atoms with Crippen LogP contribution >= 0.6 is 11.6 Å². The van der Waals surface area contributed by atoms with Crippen molar-refractivity contribution in [1.29, 1.82) is 0 Å². The van der Waals surface area contributed by atoms with Gasteiger partial charge < -0.3 is 15.4 Å². The van der Waals surface area contributed by atoms with Crippen molar-refractivity contribution in [1.82, 2.24) is 9.78 Å². The minimum absolute atomic E-state index is 0.00728. The van der Waals surface area contributed by atoms with Crippen molar-refractivity contribution < 1.29 is 22.7 Å². The van der Waals surface area contributed by atoms with Crippen LogP contribution < -0.4 is 15.4 Å². The van der Waals surface area contributed by atoms with Gasteiger partial charge in [0.05, 0.1) is 19.3 Å². The molecular weight excluding hydrogens is 433 g/mol. The van der Waals surface area contributed by atoms with E-state index in [0.717, 1.165) is 10.9 Å². The van der Waals surface area contributed by atoms with Crippen LogP contribution in [0.25, 0.3) is 0 Å². The average molecular weight is 451 g/mol. The maximum Gasteiger partial charge on any atom is 0.410 e. The number of nitrogens with zero attached hydrogens (tertiary/aromatic N) is 2. The Bertz CT molecular complexity index is 1100. The fraction of sp³-hybridized carbons (Fsp3) is 0.238. The number of nitrogens with one attached hydrogen (secondary N) is 2. The third kappa shape index (κ3) is 4.32. The smallest absolute Gasteiger partial charge is 0.410 e. The van der Waals surface area contributed by atoms with Gasteiger partial charge in [-0.25, -0.2) is 4.68 Å². The molecule has 0 radical (unpaired) electrons. The van der Waals surface area contributed by atoms with Crippen LogP contribution in [0.5, 0.6) is 5.75 Å². The Morgan fingerprint density at radius 3 is 2.68 bits per heavy atom. The molecule has 162 valence electrons. The van der Waals surface area contributed by atoms with Crippen molar-refractivity contribution in [2.24, 2.45) is 0 Å². The lowest BCUT2D eigenvalue weighted by atomic mass is 9.96. The first-order valence-electron chi connectivity index (χ1n) is 9.38. The first kappa shape index (κ1) is 21.0. The second kappa shape index (κ2) is 8.14. The Kier molecular flexibility index (Phi) is 5.53. The summed E-state index contributed by atoms with van der Waals surface area (Å²) < 4.78 is 47.5. The van der Waals surface area contributed by atoms with E-state index in [1.54, 1.807) is 48.5 Å². The minimum atomic E-state index is -4.54. The summed E-state index contributed by atoms with van der Waals surface area (Å²) >= 11 is 5.85. The van der Waals surface area contributed by atoms with E-state index in [2.05, 4.69) is 15.7 Å². The molecule has 0 aliphatic carbocycles. The number of rotatable bonds is 4. The van der Waals surface area contributed by atoms with Crippen LogP contribution in [0.4, 0.5) is 24.7 Å². The SMILES string of the molecule is COc1cccc([C@H]2C[C@H](C(F)(F)F)n3ncc(C(=O)Nc4ccc(Cl)cc4)c3N2)c1. The highest BCUT2D eigenvalue weighted by Gasteiger charge is 2.47. The molecule has 0 fully saturated rings. The van der Waals surface area contributed by atoms with Gasteiger partial charge >= 0.3 is 6.18 Å². The molecule has 0 spiro atoms. The van der Waals surface area contributed by atoms with Crippen molar-refractivity contribution in [3.05, 3.63) is 70.9 Å². The molecular formula is C21H18ClF3N4O2. The second-order valence-electron chi connectivity index (χ2n) is 7.08. The molecule has 0 unspecified atom stereocenters. The van der Waals surface area contributed by atoms with Crippen LogP contribution in [0.1, 0.15) is 34.4 Å². The lowest BCUT2D eigenvalue weighted by Gasteiger charge is -2.34. The summed E-state index contributed by atoms with van der Waals surface area (Å²) in [6.45, 7) is 0. The number of hydrogen-bond donors (Lipinski definition) is 2. The summed E-state index contributed by atoms with van der Waals surface area (Å²) in [4.78, 5) is 12.8. The molecule has 6 nitrogen and oxygen atoms in total. The predicted octanol–water partition coefficient (Wildman–Crippen LogP) is 5.46. The number of alkyl halides is 3. The summed E-state index contributed by atoms with van der Waals surface area (Å²) in [7, 11) is 1.49. The van der Waals surface area contributed by atoms with Crippen molar-refractivity contribution >= 4 is 29.0 Å². The zero-order chi connectivity index (χ0) is 22.2. The number of carbonyl (C=O) groups excluding carboxylic acids is 1. The zero-order valence-electron chi connectivity index (χ0n) is 16.3. The molecule has 31 heavy (non-hydrogen) atoms. The van der Waals surface area contributed by atoms with Crippen LogP contribution in [-0.4, -0.2) is 29.0 Å². The third-order valence-corrected chi connectivity index (χ3v) is 5.33. The summed E-state index contributed by atoms with van der Waals surface area (Å²) in [5.41, 5.74) is 1.09. The second-order valence-corrected chi connectivity index (χ2v) is 7.52. The Balaban J connectivity index is 1.68. The number of halogens is 4. The van der Waals surface area contributed by atoms with Crippen LogP contribution in [0.3, 0.4) is 0 Å². The monoisotopic (exact) mass is 450 g/mol. The van der Waals surface area contributed by atoms with E-state index in [-0.39, 0.29) is 17.8 Å². The number of benzene rings is 2. The van der Waals surface area contributed by atoms with Crippen LogP contribution in [0, 0.1) is 0 Å². The predicted molar refractivity (Wildman–Crippen MR) is 111 cm³/mol. The van der Waals surface area contributed by atoms with Crippen LogP contribution in [-0.2, 0) is 0 Å². The molecule has 2 heterocycles. The number of carbonyl (C=O) groups is 1. The first-order valence-corrected chi connectivity index (χ1v) is 9.75. The number of methoxy groups -OCH3 is 1. The molecule has 1 aliphatic heterocycles. The van der Waals surface area contributed by atoms with Crippen molar-refractivity contribution in [3.8, 4) is 5.75 Å². The molecule has 3 aromatic rings. The maximum absolute atomic E-state index is 13.8. The van der Waals surface area contributed by atoms with Gasteiger partial charge in [-0.2, -0.15) is 18.3 Å². The van der Waals surface area contributed by atoms with E-state index < -0.39 is 24.2 Å². The Morgan fingerprint density at radius 2 is 2.00 bits per heavy atom. The van der Waals surface area contributed by atoms with Crippen molar-refractivity contribution in [3.63, 3.8) is 0 Å². The van der Waals surface area contributed by atoms with Crippen molar-refractivity contribution in [2.45, 2.75) is 24.7 Å². The van der Waals surface area contributed by atoms with Gasteiger partial charge in [-0.15, -0.1) is 0 Å². The molecule has 1 aromatic heterocycles. The van der Waals surface area contributed by atoms with E-state index in [1.807, 2.05) is 0 Å². The van der Waals surface area contributed by atoms with E-state index in [9.17, 15) is 18.0 Å². The highest BCUT2D eigenvalue weighted by molar-refractivity contribution is 6.30. The Labute approximate surface area is 181 Å². The summed E-state index contributed by atoms with van der Waals surface area (Å²) in [6.07, 6.45) is -3.67. The van der Waals surface area contributed by atoms with Gasteiger partial charge in [-0.1, -0.05) is 23.7 Å². The average Bonchev–Trinajstić information content (AvgIpc) is 3.18. The fourth-order valence-electron chi connectivity index (χ4n) is 3.54.